The second-order valence-electron chi connectivity index (χ2n) is 4.77. The van der Waals surface area contributed by atoms with Gasteiger partial charge in [-0.25, -0.2) is 0 Å². The monoisotopic (exact) mass is 264 g/mol. The van der Waals surface area contributed by atoms with Crippen molar-refractivity contribution in [2.45, 2.75) is 12.8 Å². The highest BCUT2D eigenvalue weighted by Crippen LogP contribution is 2.30. The van der Waals surface area contributed by atoms with E-state index in [0.717, 1.165) is 27.9 Å². The predicted molar refractivity (Wildman–Crippen MR) is 80.0 cm³/mol. The van der Waals surface area contributed by atoms with Crippen LogP contribution < -0.4 is 4.74 Å². The molecule has 0 aliphatic heterocycles. The fourth-order valence-electron chi connectivity index (χ4n) is 2.40. The van der Waals surface area contributed by atoms with E-state index in [0.29, 0.717) is 0 Å². The van der Waals surface area contributed by atoms with Crippen molar-refractivity contribution < 1.29 is 4.74 Å². The Kier molecular flexibility index (Phi) is 3.33. The number of aromatic nitrogens is 2. The number of fused-ring (bicyclic) bond motifs is 1. The summed E-state index contributed by atoms with van der Waals surface area (Å²) in [7, 11) is 1.67. The van der Waals surface area contributed by atoms with Crippen molar-refractivity contribution in [1.82, 2.24) is 9.97 Å². The third kappa shape index (κ3) is 2.23. The average molecular weight is 264 g/mol. The highest BCUT2D eigenvalue weighted by atomic mass is 16.5. The molecule has 0 aliphatic rings. The maximum absolute atomic E-state index is 5.39. The molecular formula is C17H16N2O. The van der Waals surface area contributed by atoms with Gasteiger partial charge in [0.1, 0.15) is 5.75 Å². The molecule has 20 heavy (non-hydrogen) atoms. The lowest BCUT2D eigenvalue weighted by molar-refractivity contribution is 0.406. The van der Waals surface area contributed by atoms with Crippen LogP contribution in [0.4, 0.5) is 0 Å². The van der Waals surface area contributed by atoms with Gasteiger partial charge in [0, 0.05) is 28.8 Å². The average Bonchev–Trinajstić information content (AvgIpc) is 2.53. The smallest absolute Gasteiger partial charge is 0.140 e. The Bertz CT molecular complexity index is 740. The molecule has 100 valence electrons. The number of para-hydroxylation sites is 1. The highest BCUT2D eigenvalue weighted by Gasteiger charge is 2.15. The fourth-order valence-corrected chi connectivity index (χ4v) is 2.40. The zero-order valence-electron chi connectivity index (χ0n) is 11.6. The molecule has 0 bridgehead atoms. The maximum Gasteiger partial charge on any atom is 0.140 e. The van der Waals surface area contributed by atoms with Crippen LogP contribution >= 0.6 is 0 Å². The van der Waals surface area contributed by atoms with E-state index in [1.807, 2.05) is 24.3 Å². The van der Waals surface area contributed by atoms with Crippen molar-refractivity contribution in [3.8, 4) is 5.75 Å². The van der Waals surface area contributed by atoms with Gasteiger partial charge in [0.05, 0.1) is 18.8 Å². The van der Waals surface area contributed by atoms with E-state index in [4.69, 9.17) is 9.72 Å². The van der Waals surface area contributed by atoms with Gasteiger partial charge in [0.15, 0.2) is 0 Å². The standard InChI is InChI=1S/C17H16N2O/c1-12(14-9-10-18-11-17(14)20-2)15-8-7-13-5-3-4-6-16(13)19-15/h3-12H,1-2H3. The number of pyridine rings is 2. The van der Waals surface area contributed by atoms with Crippen molar-refractivity contribution in [3.63, 3.8) is 0 Å². The quantitative estimate of drug-likeness (QED) is 0.722. The molecule has 3 heteroatoms. The highest BCUT2D eigenvalue weighted by molar-refractivity contribution is 5.78. The number of methoxy groups -OCH3 is 1. The molecular weight excluding hydrogens is 248 g/mol. The van der Waals surface area contributed by atoms with Gasteiger partial charge in [-0.05, 0) is 18.2 Å². The topological polar surface area (TPSA) is 35.0 Å². The molecule has 0 spiro atoms. The van der Waals surface area contributed by atoms with Crippen LogP contribution in [0.25, 0.3) is 10.9 Å². The molecule has 0 fully saturated rings. The Morgan fingerprint density at radius 1 is 1.05 bits per heavy atom. The Morgan fingerprint density at radius 3 is 2.75 bits per heavy atom. The van der Waals surface area contributed by atoms with E-state index >= 15 is 0 Å². The lowest BCUT2D eigenvalue weighted by atomic mass is 9.97. The Hall–Kier alpha value is -2.42. The van der Waals surface area contributed by atoms with Gasteiger partial charge in [-0.3, -0.25) is 9.97 Å². The Balaban J connectivity index is 2.05. The summed E-state index contributed by atoms with van der Waals surface area (Å²) in [6.07, 6.45) is 3.53. The van der Waals surface area contributed by atoms with Gasteiger partial charge < -0.3 is 4.74 Å². The summed E-state index contributed by atoms with van der Waals surface area (Å²) >= 11 is 0. The normalized spacial score (nSPS) is 12.3. The lowest BCUT2D eigenvalue weighted by Gasteiger charge is -2.15. The summed E-state index contributed by atoms with van der Waals surface area (Å²) in [5.74, 6) is 0.965. The first-order valence-corrected chi connectivity index (χ1v) is 6.63. The maximum atomic E-state index is 5.39. The second-order valence-corrected chi connectivity index (χ2v) is 4.77. The van der Waals surface area contributed by atoms with E-state index < -0.39 is 0 Å². The van der Waals surface area contributed by atoms with Crippen LogP contribution in [-0.4, -0.2) is 17.1 Å². The van der Waals surface area contributed by atoms with Gasteiger partial charge in [0.25, 0.3) is 0 Å². The van der Waals surface area contributed by atoms with Gasteiger partial charge in [-0.1, -0.05) is 31.2 Å². The number of ether oxygens (including phenoxy) is 1. The summed E-state index contributed by atoms with van der Waals surface area (Å²) in [6.45, 7) is 2.13. The summed E-state index contributed by atoms with van der Waals surface area (Å²) in [5, 5.41) is 1.16. The zero-order valence-corrected chi connectivity index (χ0v) is 11.6. The molecule has 0 saturated heterocycles. The number of benzene rings is 1. The number of hydrogen-bond donors (Lipinski definition) is 0. The molecule has 0 saturated carbocycles. The van der Waals surface area contributed by atoms with Crippen LogP contribution in [0.5, 0.6) is 5.75 Å². The third-order valence-electron chi connectivity index (χ3n) is 3.57. The summed E-state index contributed by atoms with van der Waals surface area (Å²) in [5.41, 5.74) is 3.16. The minimum Gasteiger partial charge on any atom is -0.495 e. The predicted octanol–water partition coefficient (Wildman–Crippen LogP) is 3.79. The first-order chi connectivity index (χ1) is 9.79. The van der Waals surface area contributed by atoms with Gasteiger partial charge >= 0.3 is 0 Å². The minimum atomic E-state index is 0.164. The molecule has 0 amide bonds. The molecule has 3 nitrogen and oxygen atoms in total. The molecule has 0 aliphatic carbocycles. The largest absolute Gasteiger partial charge is 0.495 e. The summed E-state index contributed by atoms with van der Waals surface area (Å²) < 4.78 is 5.39. The number of nitrogens with zero attached hydrogens (tertiary/aromatic N) is 2. The van der Waals surface area contributed by atoms with Crippen molar-refractivity contribution in [2.24, 2.45) is 0 Å². The molecule has 0 radical (unpaired) electrons. The lowest BCUT2D eigenvalue weighted by Crippen LogP contribution is -2.02. The second kappa shape index (κ2) is 5.29. The molecule has 0 N–H and O–H groups in total. The van der Waals surface area contributed by atoms with E-state index in [-0.39, 0.29) is 5.92 Å². The zero-order chi connectivity index (χ0) is 13.9. The molecule has 3 rings (SSSR count). The summed E-state index contributed by atoms with van der Waals surface area (Å²) in [6, 6.07) is 14.3. The molecule has 1 unspecified atom stereocenters. The van der Waals surface area contributed by atoms with Crippen molar-refractivity contribution in [1.29, 1.82) is 0 Å². The van der Waals surface area contributed by atoms with Crippen LogP contribution in [-0.2, 0) is 0 Å². The van der Waals surface area contributed by atoms with Gasteiger partial charge in [-0.15, -0.1) is 0 Å². The van der Waals surface area contributed by atoms with Crippen molar-refractivity contribution in [3.05, 3.63) is 66.1 Å². The van der Waals surface area contributed by atoms with Crippen LogP contribution in [0.1, 0.15) is 24.1 Å². The van der Waals surface area contributed by atoms with Crippen LogP contribution in [0.2, 0.25) is 0 Å². The number of hydrogen-bond acceptors (Lipinski definition) is 3. The van der Waals surface area contributed by atoms with Gasteiger partial charge in [0.2, 0.25) is 0 Å². The van der Waals surface area contributed by atoms with E-state index in [9.17, 15) is 0 Å². The molecule has 2 aromatic heterocycles. The van der Waals surface area contributed by atoms with Crippen molar-refractivity contribution >= 4 is 10.9 Å². The molecule has 3 aromatic rings. The van der Waals surface area contributed by atoms with Crippen LogP contribution in [0.3, 0.4) is 0 Å². The first-order valence-electron chi connectivity index (χ1n) is 6.63. The third-order valence-corrected chi connectivity index (χ3v) is 3.57. The van der Waals surface area contributed by atoms with E-state index in [2.05, 4.69) is 30.1 Å². The Morgan fingerprint density at radius 2 is 1.90 bits per heavy atom. The summed E-state index contributed by atoms with van der Waals surface area (Å²) in [4.78, 5) is 8.85. The van der Waals surface area contributed by atoms with Crippen LogP contribution in [0.15, 0.2) is 54.9 Å². The molecule has 1 aromatic carbocycles. The van der Waals surface area contributed by atoms with E-state index in [1.165, 1.54) is 0 Å². The molecule has 2 heterocycles. The number of rotatable bonds is 3. The molecule has 1 atom stereocenters. The van der Waals surface area contributed by atoms with E-state index in [1.54, 1.807) is 19.5 Å². The first kappa shape index (κ1) is 12.6. The Labute approximate surface area is 118 Å². The van der Waals surface area contributed by atoms with Crippen LogP contribution in [0, 0.1) is 0 Å². The van der Waals surface area contributed by atoms with Gasteiger partial charge in [-0.2, -0.15) is 0 Å². The SMILES string of the molecule is COc1cnccc1C(C)c1ccc2ccccc2n1. The van der Waals surface area contributed by atoms with Crippen molar-refractivity contribution in [2.75, 3.05) is 7.11 Å². The minimum absolute atomic E-state index is 0.164. The fraction of sp³-hybridized carbons (Fsp3) is 0.176.